The van der Waals surface area contributed by atoms with Crippen LogP contribution in [0.5, 0.6) is 0 Å². The van der Waals surface area contributed by atoms with Gasteiger partial charge in [0.2, 0.25) is 0 Å². The lowest BCUT2D eigenvalue weighted by Gasteiger charge is -2.26. The lowest BCUT2D eigenvalue weighted by atomic mass is 10.0. The number of methoxy groups -OCH3 is 2. The van der Waals surface area contributed by atoms with E-state index in [0.717, 1.165) is 25.9 Å². The molecule has 0 aromatic rings. The molecule has 1 heterocycles. The minimum absolute atomic E-state index is 0. The fraction of sp³-hybridized carbons (Fsp3) is 1.00. The van der Waals surface area contributed by atoms with Gasteiger partial charge in [-0.2, -0.15) is 12.7 Å². The third-order valence-corrected chi connectivity index (χ3v) is 4.96. The molecule has 0 bridgehead atoms. The van der Waals surface area contributed by atoms with E-state index in [1.165, 1.54) is 4.31 Å². The molecule has 0 amide bonds. The predicted octanol–water partition coefficient (Wildman–Crippen LogP) is -0.163. The van der Waals surface area contributed by atoms with Crippen LogP contribution in [0.25, 0.3) is 0 Å². The van der Waals surface area contributed by atoms with E-state index in [-0.39, 0.29) is 12.4 Å². The fourth-order valence-electron chi connectivity index (χ4n) is 2.15. The molecular formula is C12H28ClN3O4S. The molecule has 21 heavy (non-hydrogen) atoms. The van der Waals surface area contributed by atoms with Crippen molar-refractivity contribution in [1.29, 1.82) is 0 Å². The zero-order chi connectivity index (χ0) is 14.8. The molecule has 1 fully saturated rings. The van der Waals surface area contributed by atoms with Crippen molar-refractivity contribution in [2.45, 2.75) is 12.8 Å². The Morgan fingerprint density at radius 3 is 2.33 bits per heavy atom. The van der Waals surface area contributed by atoms with Gasteiger partial charge in [0.15, 0.2) is 0 Å². The predicted molar refractivity (Wildman–Crippen MR) is 85.1 cm³/mol. The van der Waals surface area contributed by atoms with Gasteiger partial charge in [0, 0.05) is 33.9 Å². The normalized spacial score (nSPS) is 19.5. The molecule has 128 valence electrons. The molecule has 2 N–H and O–H groups in total. The van der Waals surface area contributed by atoms with E-state index in [2.05, 4.69) is 10.0 Å². The molecule has 0 radical (unpaired) electrons. The average Bonchev–Trinajstić information content (AvgIpc) is 2.46. The molecule has 1 atom stereocenters. The van der Waals surface area contributed by atoms with Gasteiger partial charge < -0.3 is 14.8 Å². The topological polar surface area (TPSA) is 79.9 Å². The van der Waals surface area contributed by atoms with Crippen molar-refractivity contribution in [3.8, 4) is 0 Å². The van der Waals surface area contributed by atoms with Crippen LogP contribution in [0, 0.1) is 5.92 Å². The first kappa shape index (κ1) is 21.0. The minimum atomic E-state index is -3.47. The summed E-state index contributed by atoms with van der Waals surface area (Å²) in [7, 11) is -0.355. The van der Waals surface area contributed by atoms with Gasteiger partial charge in [-0.1, -0.05) is 0 Å². The molecule has 0 aromatic heterocycles. The van der Waals surface area contributed by atoms with Crippen LogP contribution >= 0.6 is 12.4 Å². The van der Waals surface area contributed by atoms with Crippen molar-refractivity contribution in [2.75, 3.05) is 60.2 Å². The van der Waals surface area contributed by atoms with Gasteiger partial charge >= 0.3 is 0 Å². The van der Waals surface area contributed by atoms with Crippen molar-refractivity contribution in [2.24, 2.45) is 5.92 Å². The molecule has 1 saturated heterocycles. The van der Waals surface area contributed by atoms with Gasteiger partial charge in [0.05, 0.1) is 13.2 Å². The van der Waals surface area contributed by atoms with E-state index in [4.69, 9.17) is 9.47 Å². The van der Waals surface area contributed by atoms with Crippen LogP contribution in [0.3, 0.4) is 0 Å². The Bertz CT molecular complexity index is 342. The molecule has 0 saturated carbocycles. The largest absolute Gasteiger partial charge is 0.383 e. The van der Waals surface area contributed by atoms with E-state index in [1.54, 1.807) is 14.2 Å². The summed E-state index contributed by atoms with van der Waals surface area (Å²) in [6, 6.07) is 0. The molecular weight excluding hydrogens is 318 g/mol. The standard InChI is InChI=1S/C12H27N3O4S.ClH/c1-18-8-6-15(7-9-19-2)20(16,17)14-11-12-4-3-5-13-10-12;/h12-14H,3-11H2,1-2H3;1H. The summed E-state index contributed by atoms with van der Waals surface area (Å²) < 4.78 is 38.5. The van der Waals surface area contributed by atoms with E-state index in [9.17, 15) is 8.42 Å². The second-order valence-electron chi connectivity index (χ2n) is 4.95. The maximum absolute atomic E-state index is 12.3. The number of piperidine rings is 1. The second-order valence-corrected chi connectivity index (χ2v) is 6.71. The number of ether oxygens (including phenoxy) is 2. The summed E-state index contributed by atoms with van der Waals surface area (Å²) in [6.45, 7) is 3.78. The van der Waals surface area contributed by atoms with Crippen molar-refractivity contribution >= 4 is 22.6 Å². The van der Waals surface area contributed by atoms with Gasteiger partial charge in [0.25, 0.3) is 10.2 Å². The first-order chi connectivity index (χ1) is 9.60. The Hall–Kier alpha value is 0.0400. The smallest absolute Gasteiger partial charge is 0.279 e. The molecule has 0 spiro atoms. The third-order valence-electron chi connectivity index (χ3n) is 3.38. The lowest BCUT2D eigenvalue weighted by molar-refractivity contribution is 0.149. The number of nitrogens with zero attached hydrogens (tertiary/aromatic N) is 1. The van der Waals surface area contributed by atoms with Crippen molar-refractivity contribution in [3.63, 3.8) is 0 Å². The number of halogens is 1. The highest BCUT2D eigenvalue weighted by Crippen LogP contribution is 2.09. The molecule has 9 heteroatoms. The van der Waals surface area contributed by atoms with Gasteiger partial charge in [-0.05, 0) is 31.8 Å². The van der Waals surface area contributed by atoms with E-state index in [0.29, 0.717) is 38.8 Å². The first-order valence-electron chi connectivity index (χ1n) is 7.03. The maximum atomic E-state index is 12.3. The number of hydrogen-bond acceptors (Lipinski definition) is 5. The van der Waals surface area contributed by atoms with Crippen LogP contribution in [-0.2, 0) is 19.7 Å². The Morgan fingerprint density at radius 1 is 1.24 bits per heavy atom. The van der Waals surface area contributed by atoms with E-state index in [1.807, 2.05) is 0 Å². The second kappa shape index (κ2) is 11.6. The summed E-state index contributed by atoms with van der Waals surface area (Å²) in [5, 5.41) is 3.28. The Kier molecular flexibility index (Phi) is 11.6. The van der Waals surface area contributed by atoms with Crippen LogP contribution in [0.15, 0.2) is 0 Å². The molecule has 1 aliphatic heterocycles. The number of rotatable bonds is 10. The Labute approximate surface area is 134 Å². The summed E-state index contributed by atoms with van der Waals surface area (Å²) in [4.78, 5) is 0. The van der Waals surface area contributed by atoms with Gasteiger partial charge in [-0.25, -0.2) is 4.72 Å². The Morgan fingerprint density at radius 2 is 1.86 bits per heavy atom. The molecule has 7 nitrogen and oxygen atoms in total. The van der Waals surface area contributed by atoms with E-state index >= 15 is 0 Å². The summed E-state index contributed by atoms with van der Waals surface area (Å²) in [5.41, 5.74) is 0. The fourth-order valence-corrected chi connectivity index (χ4v) is 3.41. The minimum Gasteiger partial charge on any atom is -0.383 e. The maximum Gasteiger partial charge on any atom is 0.279 e. The van der Waals surface area contributed by atoms with Gasteiger partial charge in [0.1, 0.15) is 0 Å². The third kappa shape index (κ3) is 8.29. The molecule has 1 aliphatic rings. The highest BCUT2D eigenvalue weighted by molar-refractivity contribution is 7.87. The highest BCUT2D eigenvalue weighted by Gasteiger charge is 2.23. The summed E-state index contributed by atoms with van der Waals surface area (Å²) in [6.07, 6.45) is 2.16. The van der Waals surface area contributed by atoms with Crippen LogP contribution in [-0.4, -0.2) is 72.9 Å². The van der Waals surface area contributed by atoms with Gasteiger partial charge in [-0.15, -0.1) is 12.4 Å². The first-order valence-corrected chi connectivity index (χ1v) is 8.47. The van der Waals surface area contributed by atoms with Gasteiger partial charge in [-0.3, -0.25) is 0 Å². The van der Waals surface area contributed by atoms with Crippen molar-refractivity contribution < 1.29 is 17.9 Å². The quantitative estimate of drug-likeness (QED) is 0.575. The van der Waals surface area contributed by atoms with Crippen molar-refractivity contribution in [3.05, 3.63) is 0 Å². The number of hydrogen-bond donors (Lipinski definition) is 2. The zero-order valence-electron chi connectivity index (χ0n) is 12.8. The SMILES string of the molecule is COCCN(CCOC)S(=O)(=O)NCC1CCCNC1.Cl. The molecule has 0 aromatic carbocycles. The summed E-state index contributed by atoms with van der Waals surface area (Å²) in [5.74, 6) is 0.366. The average molecular weight is 346 g/mol. The lowest BCUT2D eigenvalue weighted by Crippen LogP contribution is -2.46. The zero-order valence-corrected chi connectivity index (χ0v) is 14.5. The molecule has 1 rings (SSSR count). The summed E-state index contributed by atoms with van der Waals surface area (Å²) >= 11 is 0. The molecule has 0 aliphatic carbocycles. The van der Waals surface area contributed by atoms with Crippen LogP contribution in [0.1, 0.15) is 12.8 Å². The van der Waals surface area contributed by atoms with Crippen LogP contribution < -0.4 is 10.0 Å². The Balaban J connectivity index is 0.00000400. The number of nitrogens with one attached hydrogen (secondary N) is 2. The van der Waals surface area contributed by atoms with Crippen molar-refractivity contribution in [1.82, 2.24) is 14.3 Å². The monoisotopic (exact) mass is 345 g/mol. The van der Waals surface area contributed by atoms with Crippen LogP contribution in [0.2, 0.25) is 0 Å². The molecule has 1 unspecified atom stereocenters. The van der Waals surface area contributed by atoms with E-state index < -0.39 is 10.2 Å². The van der Waals surface area contributed by atoms with Crippen LogP contribution in [0.4, 0.5) is 0 Å². The highest BCUT2D eigenvalue weighted by atomic mass is 35.5.